The molecule has 8 aromatic rings. The molecular formula is C44H30N2. The van der Waals surface area contributed by atoms with Crippen LogP contribution in [0.4, 0.5) is 0 Å². The lowest BCUT2D eigenvalue weighted by atomic mass is 9.91. The molecule has 0 spiro atoms. The molecule has 0 radical (unpaired) electrons. The van der Waals surface area contributed by atoms with E-state index in [0.29, 0.717) is 0 Å². The molecule has 1 heterocycles. The van der Waals surface area contributed by atoms with Crippen LogP contribution in [0.15, 0.2) is 174 Å². The van der Waals surface area contributed by atoms with Crippen LogP contribution in [0.2, 0.25) is 0 Å². The largest absolute Gasteiger partial charge is 0.258 e. The highest BCUT2D eigenvalue weighted by Gasteiger charge is 2.23. The summed E-state index contributed by atoms with van der Waals surface area (Å²) in [7, 11) is 0. The summed E-state index contributed by atoms with van der Waals surface area (Å²) in [5.41, 5.74) is 6.94. The van der Waals surface area contributed by atoms with Crippen molar-refractivity contribution in [2.24, 2.45) is 9.98 Å². The highest BCUT2D eigenvalue weighted by atomic mass is 15.0. The lowest BCUT2D eigenvalue weighted by Gasteiger charge is -2.22. The topological polar surface area (TPSA) is 24.7 Å². The van der Waals surface area contributed by atoms with Crippen LogP contribution in [0, 0.1) is 0 Å². The van der Waals surface area contributed by atoms with Crippen LogP contribution in [0.5, 0.6) is 0 Å². The van der Waals surface area contributed by atoms with Gasteiger partial charge in [0, 0.05) is 17.4 Å². The summed E-state index contributed by atoms with van der Waals surface area (Å²) in [5.74, 6) is 0.791. The van der Waals surface area contributed by atoms with E-state index in [1.54, 1.807) is 0 Å². The molecule has 0 fully saturated rings. The zero-order chi connectivity index (χ0) is 30.5. The Balaban J connectivity index is 1.20. The Morgan fingerprint density at radius 2 is 1.04 bits per heavy atom. The van der Waals surface area contributed by atoms with Crippen molar-refractivity contribution < 1.29 is 0 Å². The van der Waals surface area contributed by atoms with Crippen LogP contribution in [0.25, 0.3) is 54.2 Å². The van der Waals surface area contributed by atoms with Gasteiger partial charge >= 0.3 is 0 Å². The highest BCUT2D eigenvalue weighted by Crippen LogP contribution is 2.37. The second-order valence-electron chi connectivity index (χ2n) is 12.1. The summed E-state index contributed by atoms with van der Waals surface area (Å²) in [4.78, 5) is 10.7. The van der Waals surface area contributed by atoms with Gasteiger partial charge in [-0.2, -0.15) is 0 Å². The zero-order valence-electron chi connectivity index (χ0n) is 25.3. The van der Waals surface area contributed by atoms with Gasteiger partial charge < -0.3 is 0 Å². The maximum absolute atomic E-state index is 5.40. The third-order valence-electron chi connectivity index (χ3n) is 9.42. The number of nitrogens with zero attached hydrogens (tertiary/aromatic N) is 2. The maximum atomic E-state index is 5.40. The number of aliphatic imine (C=N–C) groups is 2. The Kier molecular flexibility index (Phi) is 6.31. The van der Waals surface area contributed by atoms with Crippen LogP contribution in [-0.4, -0.2) is 11.5 Å². The zero-order valence-corrected chi connectivity index (χ0v) is 25.3. The quantitative estimate of drug-likeness (QED) is 0.183. The fraction of sp³-hybridized carbons (Fsp3) is 0.0455. The van der Waals surface area contributed by atoms with Crippen LogP contribution in [-0.2, 0) is 0 Å². The van der Waals surface area contributed by atoms with E-state index in [1.807, 2.05) is 0 Å². The molecule has 2 nitrogen and oxygen atoms in total. The molecular weight excluding hydrogens is 556 g/mol. The number of hydrogen-bond acceptors (Lipinski definition) is 2. The molecule has 0 bridgehead atoms. The number of benzene rings is 8. The van der Waals surface area contributed by atoms with Crippen LogP contribution in [0.3, 0.4) is 0 Å². The van der Waals surface area contributed by atoms with Gasteiger partial charge in [0.2, 0.25) is 0 Å². The third kappa shape index (κ3) is 4.50. The molecule has 0 saturated heterocycles. The first-order chi connectivity index (χ1) is 22.8. The third-order valence-corrected chi connectivity index (χ3v) is 9.42. The van der Waals surface area contributed by atoms with E-state index >= 15 is 0 Å². The van der Waals surface area contributed by atoms with Crippen molar-refractivity contribution in [3.05, 3.63) is 180 Å². The fourth-order valence-electron chi connectivity index (χ4n) is 7.14. The van der Waals surface area contributed by atoms with Crippen molar-refractivity contribution in [3.8, 4) is 11.1 Å². The molecule has 1 aliphatic rings. The lowest BCUT2D eigenvalue weighted by molar-refractivity contribution is 0.754. The van der Waals surface area contributed by atoms with Gasteiger partial charge in [0.25, 0.3) is 0 Å². The minimum atomic E-state index is -0.0460. The standard InChI is InChI=1S/C44H30N2/c1-2-12-32(13-3-1)41-28-42(33-22-20-31(21-23-33)36-18-8-14-29-10-4-6-16-35(29)36)46-44(45-41)40-19-9-15-34-25-26-38-37-17-7-5-11-30(37)24-27-39(38)43(34)40/h1-27,42H,28H2/t42-/m1/s1. The van der Waals surface area contributed by atoms with E-state index in [-0.39, 0.29) is 6.04 Å². The minimum Gasteiger partial charge on any atom is -0.258 e. The van der Waals surface area contributed by atoms with Gasteiger partial charge in [-0.25, -0.2) is 4.99 Å². The summed E-state index contributed by atoms with van der Waals surface area (Å²) in [6.45, 7) is 0. The summed E-state index contributed by atoms with van der Waals surface area (Å²) in [6, 6.07) is 58.8. The minimum absolute atomic E-state index is 0.0460. The molecule has 0 unspecified atom stereocenters. The van der Waals surface area contributed by atoms with Gasteiger partial charge in [0.1, 0.15) is 0 Å². The molecule has 0 N–H and O–H groups in total. The average Bonchev–Trinajstić information content (AvgIpc) is 3.14. The predicted molar refractivity (Wildman–Crippen MR) is 195 cm³/mol. The summed E-state index contributed by atoms with van der Waals surface area (Å²) in [5, 5.41) is 9.91. The van der Waals surface area contributed by atoms with Gasteiger partial charge in [0.05, 0.1) is 11.8 Å². The molecule has 216 valence electrons. The van der Waals surface area contributed by atoms with Crippen molar-refractivity contribution >= 4 is 54.6 Å². The molecule has 2 heteroatoms. The molecule has 0 saturated carbocycles. The van der Waals surface area contributed by atoms with Crippen LogP contribution >= 0.6 is 0 Å². The summed E-state index contributed by atoms with van der Waals surface area (Å²) in [6.07, 6.45) is 0.747. The first-order valence-electron chi connectivity index (χ1n) is 15.9. The smallest absolute Gasteiger partial charge is 0.156 e. The number of rotatable bonds is 4. The van der Waals surface area contributed by atoms with E-state index in [9.17, 15) is 0 Å². The fourth-order valence-corrected chi connectivity index (χ4v) is 7.14. The molecule has 46 heavy (non-hydrogen) atoms. The monoisotopic (exact) mass is 586 g/mol. The Hall–Kier alpha value is -5.86. The lowest BCUT2D eigenvalue weighted by Crippen LogP contribution is -2.17. The van der Waals surface area contributed by atoms with Gasteiger partial charge in [0.15, 0.2) is 5.84 Å². The maximum Gasteiger partial charge on any atom is 0.156 e. The summed E-state index contributed by atoms with van der Waals surface area (Å²) < 4.78 is 0. The SMILES string of the molecule is c1ccc(C2=NC(c3cccc4ccc5c6ccccc6ccc5c34)=N[C@@H](c3ccc(-c4cccc5ccccc45)cc3)C2)cc1. The van der Waals surface area contributed by atoms with Crippen LogP contribution in [0.1, 0.15) is 29.2 Å². The number of hydrogen-bond donors (Lipinski definition) is 0. The predicted octanol–water partition coefficient (Wildman–Crippen LogP) is 11.3. The molecule has 0 aliphatic carbocycles. The van der Waals surface area contributed by atoms with Gasteiger partial charge in [-0.15, -0.1) is 0 Å². The van der Waals surface area contributed by atoms with Crippen LogP contribution < -0.4 is 0 Å². The van der Waals surface area contributed by atoms with E-state index in [2.05, 4.69) is 164 Å². The number of amidine groups is 1. The number of fused-ring (bicyclic) bond motifs is 6. The Morgan fingerprint density at radius 1 is 0.413 bits per heavy atom. The Morgan fingerprint density at radius 3 is 1.87 bits per heavy atom. The summed E-state index contributed by atoms with van der Waals surface area (Å²) >= 11 is 0. The molecule has 0 aromatic heterocycles. The van der Waals surface area contributed by atoms with Crippen molar-refractivity contribution in [2.75, 3.05) is 0 Å². The van der Waals surface area contributed by atoms with Crippen molar-refractivity contribution in [3.63, 3.8) is 0 Å². The molecule has 0 amide bonds. The van der Waals surface area contributed by atoms with Gasteiger partial charge in [-0.1, -0.05) is 164 Å². The van der Waals surface area contributed by atoms with E-state index < -0.39 is 0 Å². The van der Waals surface area contributed by atoms with E-state index in [0.717, 1.165) is 29.1 Å². The second kappa shape index (κ2) is 10.9. The van der Waals surface area contributed by atoms with Crippen molar-refractivity contribution in [1.82, 2.24) is 0 Å². The van der Waals surface area contributed by atoms with E-state index in [4.69, 9.17) is 9.98 Å². The van der Waals surface area contributed by atoms with Gasteiger partial charge in [-0.3, -0.25) is 4.99 Å². The highest BCUT2D eigenvalue weighted by molar-refractivity contribution is 6.25. The Labute approximate surface area is 268 Å². The molecule has 9 rings (SSSR count). The van der Waals surface area contributed by atoms with Crippen molar-refractivity contribution in [2.45, 2.75) is 12.5 Å². The normalized spacial score (nSPS) is 14.9. The average molecular weight is 587 g/mol. The molecule has 8 aromatic carbocycles. The first-order valence-corrected chi connectivity index (χ1v) is 15.9. The second-order valence-corrected chi connectivity index (χ2v) is 12.1. The van der Waals surface area contributed by atoms with E-state index in [1.165, 1.54) is 59.8 Å². The first kappa shape index (κ1) is 26.5. The Bertz CT molecular complexity index is 2480. The van der Waals surface area contributed by atoms with Crippen molar-refractivity contribution in [1.29, 1.82) is 0 Å². The molecule has 1 atom stereocenters. The van der Waals surface area contributed by atoms with Gasteiger partial charge in [-0.05, 0) is 60.0 Å². The molecule has 1 aliphatic heterocycles.